The Labute approximate surface area is 173 Å². The van der Waals surface area contributed by atoms with Gasteiger partial charge in [-0.1, -0.05) is 24.3 Å². The normalized spacial score (nSPS) is 10.9. The molecule has 0 saturated carbocycles. The summed E-state index contributed by atoms with van der Waals surface area (Å²) in [6.07, 6.45) is 1.95. The molecule has 28 heavy (non-hydrogen) atoms. The molecule has 0 saturated heterocycles. The smallest absolute Gasteiger partial charge is 0.152 e. The lowest BCUT2D eigenvalue weighted by Gasteiger charge is -2.12. The lowest BCUT2D eigenvalue weighted by Crippen LogP contribution is -2.08. The first-order valence-corrected chi connectivity index (χ1v) is 10.7. The number of benzene rings is 2. The fourth-order valence-electron chi connectivity index (χ4n) is 2.89. The van der Waals surface area contributed by atoms with Crippen LogP contribution >= 0.6 is 22.7 Å². The Bertz CT molecular complexity index is 1010. The third-order valence-electron chi connectivity index (χ3n) is 4.50. The van der Waals surface area contributed by atoms with E-state index in [1.165, 1.54) is 16.9 Å². The first-order chi connectivity index (χ1) is 13.5. The lowest BCUT2D eigenvalue weighted by atomic mass is 10.1. The highest BCUT2D eigenvalue weighted by atomic mass is 32.1. The molecule has 0 radical (unpaired) electrons. The minimum atomic E-state index is 0.963. The fraction of sp³-hybridized carbons (Fsp3) is 0.182. The quantitative estimate of drug-likeness (QED) is 0.423. The van der Waals surface area contributed by atoms with Crippen LogP contribution in [0.4, 0.5) is 11.4 Å². The number of rotatable bonds is 5. The molecule has 0 bridgehead atoms. The standard InChI is InChI=1S/C22H22N4S2/c1-25(2)17-9-5-7-15(11-17)19-14-27-22(24-19)21-23-13-20(28-21)16-8-6-10-18(12-16)26(3)4/h5-14H,1-4H3. The van der Waals surface area contributed by atoms with Crippen molar-refractivity contribution in [3.8, 4) is 31.7 Å². The van der Waals surface area contributed by atoms with Gasteiger partial charge in [-0.05, 0) is 29.8 Å². The van der Waals surface area contributed by atoms with Crippen LogP contribution in [0.15, 0.2) is 60.1 Å². The zero-order valence-corrected chi connectivity index (χ0v) is 18.0. The number of hydrogen-bond donors (Lipinski definition) is 0. The molecule has 0 aliphatic rings. The molecule has 0 spiro atoms. The molecule has 4 nitrogen and oxygen atoms in total. The molecule has 0 amide bonds. The van der Waals surface area contributed by atoms with E-state index in [1.54, 1.807) is 22.7 Å². The maximum absolute atomic E-state index is 4.84. The minimum absolute atomic E-state index is 0.963. The molecule has 0 atom stereocenters. The summed E-state index contributed by atoms with van der Waals surface area (Å²) in [5, 5.41) is 4.04. The largest absolute Gasteiger partial charge is 0.378 e. The number of anilines is 2. The molecule has 6 heteroatoms. The second-order valence-corrected chi connectivity index (χ2v) is 8.85. The Morgan fingerprint density at radius 2 is 1.43 bits per heavy atom. The van der Waals surface area contributed by atoms with E-state index < -0.39 is 0 Å². The van der Waals surface area contributed by atoms with Crippen molar-refractivity contribution in [3.63, 3.8) is 0 Å². The van der Waals surface area contributed by atoms with Gasteiger partial charge in [0.25, 0.3) is 0 Å². The van der Waals surface area contributed by atoms with Crippen LogP contribution in [-0.2, 0) is 0 Å². The summed E-state index contributed by atoms with van der Waals surface area (Å²) in [5.74, 6) is 0. The second-order valence-electron chi connectivity index (χ2n) is 6.96. The zero-order chi connectivity index (χ0) is 19.7. The van der Waals surface area contributed by atoms with Crippen LogP contribution in [-0.4, -0.2) is 38.2 Å². The summed E-state index contributed by atoms with van der Waals surface area (Å²) in [6, 6.07) is 17.0. The van der Waals surface area contributed by atoms with Gasteiger partial charge in [0.2, 0.25) is 0 Å². The molecule has 142 valence electrons. The monoisotopic (exact) mass is 406 g/mol. The van der Waals surface area contributed by atoms with E-state index in [1.807, 2.05) is 20.3 Å². The Hall–Kier alpha value is -2.70. The Kier molecular flexibility index (Phi) is 5.15. The number of thiazole rings is 2. The summed E-state index contributed by atoms with van der Waals surface area (Å²) in [5.41, 5.74) is 5.67. The number of nitrogens with zero attached hydrogens (tertiary/aromatic N) is 4. The molecule has 0 aliphatic carbocycles. The van der Waals surface area contributed by atoms with Crippen LogP contribution in [0.25, 0.3) is 31.7 Å². The van der Waals surface area contributed by atoms with Crippen molar-refractivity contribution in [2.24, 2.45) is 0 Å². The highest BCUT2D eigenvalue weighted by molar-refractivity contribution is 7.22. The SMILES string of the molecule is CN(C)c1cccc(-c2csc(-c3ncc(-c4cccc(N(C)C)c4)s3)n2)c1. The highest BCUT2D eigenvalue weighted by Gasteiger charge is 2.12. The van der Waals surface area contributed by atoms with Gasteiger partial charge in [0.05, 0.1) is 10.6 Å². The minimum Gasteiger partial charge on any atom is -0.378 e. The van der Waals surface area contributed by atoms with E-state index >= 15 is 0 Å². The van der Waals surface area contributed by atoms with Crippen molar-refractivity contribution in [2.75, 3.05) is 38.0 Å². The first-order valence-electron chi connectivity index (χ1n) is 8.98. The van der Waals surface area contributed by atoms with Gasteiger partial charge in [-0.2, -0.15) is 0 Å². The fourth-order valence-corrected chi connectivity index (χ4v) is 4.67. The van der Waals surface area contributed by atoms with E-state index in [0.29, 0.717) is 0 Å². The topological polar surface area (TPSA) is 32.3 Å². The zero-order valence-electron chi connectivity index (χ0n) is 16.4. The molecular formula is C22H22N4S2. The van der Waals surface area contributed by atoms with Gasteiger partial charge in [-0.25, -0.2) is 9.97 Å². The summed E-state index contributed by atoms with van der Waals surface area (Å²) < 4.78 is 0. The van der Waals surface area contributed by atoms with Gasteiger partial charge < -0.3 is 9.80 Å². The van der Waals surface area contributed by atoms with Crippen LogP contribution in [0, 0.1) is 0 Å². The maximum Gasteiger partial charge on any atom is 0.152 e. The van der Waals surface area contributed by atoms with Gasteiger partial charge in [0, 0.05) is 56.7 Å². The Balaban J connectivity index is 1.62. The first kappa shape index (κ1) is 18.7. The molecule has 2 aromatic heterocycles. The predicted molar refractivity (Wildman–Crippen MR) is 123 cm³/mol. The van der Waals surface area contributed by atoms with Crippen LogP contribution in [0.3, 0.4) is 0 Å². The van der Waals surface area contributed by atoms with E-state index in [2.05, 4.69) is 82.8 Å². The summed E-state index contributed by atoms with van der Waals surface area (Å²) in [4.78, 5) is 14.9. The van der Waals surface area contributed by atoms with Crippen molar-refractivity contribution in [1.29, 1.82) is 0 Å². The average Bonchev–Trinajstić information content (AvgIpc) is 3.38. The predicted octanol–water partition coefficient (Wildman–Crippen LogP) is 5.73. The van der Waals surface area contributed by atoms with Gasteiger partial charge >= 0.3 is 0 Å². The van der Waals surface area contributed by atoms with Crippen molar-refractivity contribution in [2.45, 2.75) is 0 Å². The molecule has 4 rings (SSSR count). The average molecular weight is 407 g/mol. The molecule has 2 aromatic carbocycles. The van der Waals surface area contributed by atoms with Gasteiger partial charge in [0.15, 0.2) is 10.0 Å². The molecular weight excluding hydrogens is 384 g/mol. The third kappa shape index (κ3) is 3.79. The number of aromatic nitrogens is 2. The van der Waals surface area contributed by atoms with E-state index in [9.17, 15) is 0 Å². The highest BCUT2D eigenvalue weighted by Crippen LogP contribution is 2.36. The Morgan fingerprint density at radius 1 is 0.786 bits per heavy atom. The molecule has 0 N–H and O–H groups in total. The second kappa shape index (κ2) is 7.73. The van der Waals surface area contributed by atoms with Crippen molar-refractivity contribution in [3.05, 3.63) is 60.1 Å². The van der Waals surface area contributed by atoms with Crippen molar-refractivity contribution < 1.29 is 0 Å². The Morgan fingerprint density at radius 3 is 2.11 bits per heavy atom. The van der Waals surface area contributed by atoms with Crippen LogP contribution < -0.4 is 9.80 Å². The van der Waals surface area contributed by atoms with Gasteiger partial charge in [0.1, 0.15) is 0 Å². The molecule has 0 aliphatic heterocycles. The molecule has 2 heterocycles. The van der Waals surface area contributed by atoms with E-state index in [-0.39, 0.29) is 0 Å². The van der Waals surface area contributed by atoms with Crippen LogP contribution in [0.1, 0.15) is 0 Å². The summed E-state index contributed by atoms with van der Waals surface area (Å²) in [7, 11) is 8.21. The van der Waals surface area contributed by atoms with Gasteiger partial charge in [-0.15, -0.1) is 22.7 Å². The van der Waals surface area contributed by atoms with Crippen molar-refractivity contribution in [1.82, 2.24) is 9.97 Å². The van der Waals surface area contributed by atoms with Crippen LogP contribution in [0.5, 0.6) is 0 Å². The molecule has 4 aromatic rings. The van der Waals surface area contributed by atoms with Crippen LogP contribution in [0.2, 0.25) is 0 Å². The number of hydrogen-bond acceptors (Lipinski definition) is 6. The molecule has 0 fully saturated rings. The summed E-state index contributed by atoms with van der Waals surface area (Å²) in [6.45, 7) is 0. The van der Waals surface area contributed by atoms with E-state index in [4.69, 9.17) is 4.98 Å². The van der Waals surface area contributed by atoms with Gasteiger partial charge in [-0.3, -0.25) is 0 Å². The molecule has 0 unspecified atom stereocenters. The van der Waals surface area contributed by atoms with Crippen molar-refractivity contribution >= 4 is 34.0 Å². The van der Waals surface area contributed by atoms with E-state index in [0.717, 1.165) is 26.1 Å². The third-order valence-corrected chi connectivity index (χ3v) is 6.53. The summed E-state index contributed by atoms with van der Waals surface area (Å²) >= 11 is 3.33. The maximum atomic E-state index is 4.84. The lowest BCUT2D eigenvalue weighted by molar-refractivity contribution is 1.13.